The molecule has 20 heavy (non-hydrogen) atoms. The fourth-order valence-corrected chi connectivity index (χ4v) is 4.10. The first-order chi connectivity index (χ1) is 11.1. The first-order valence-electron chi connectivity index (χ1n) is 7.80. The Morgan fingerprint density at radius 3 is 3.15 bits per heavy atom. The highest BCUT2D eigenvalue weighted by Gasteiger charge is 2.34. The van der Waals surface area contributed by atoms with Gasteiger partial charge in [0.2, 0.25) is 4.83 Å². The Balaban J connectivity index is 2.01. The minimum Gasteiger partial charge on any atom is -0.264 e. The molecule has 4 aromatic heterocycles. The average molecular weight is 282 g/mol. The number of thiophene rings is 1. The monoisotopic (exact) mass is 282 g/mol. The number of rotatable bonds is 0. The van der Waals surface area contributed by atoms with E-state index < -0.39 is 6.98 Å². The van der Waals surface area contributed by atoms with Crippen molar-refractivity contribution < 1.29 is 8.68 Å². The van der Waals surface area contributed by atoms with Crippen LogP contribution in [0, 0.1) is 0 Å². The van der Waals surface area contributed by atoms with Crippen LogP contribution in [0.3, 0.4) is 0 Å². The largest absolute Gasteiger partial charge is 0.292 e. The standard InChI is InChI=1S/C15H11N4S/c1-18-14-10-6-16-4-2-9(10)8-19(14)13-11-7-17-5-3-12(11)20-15(13)18/h2-7H,8H2,1H3/q+1/i1D3. The van der Waals surface area contributed by atoms with Crippen LogP contribution in [0.15, 0.2) is 36.9 Å². The van der Waals surface area contributed by atoms with Crippen LogP contribution in [0.1, 0.15) is 9.68 Å². The van der Waals surface area contributed by atoms with Gasteiger partial charge >= 0.3 is 0 Å². The Kier molecular flexibility index (Phi) is 1.39. The van der Waals surface area contributed by atoms with Crippen LogP contribution in [-0.2, 0) is 13.5 Å². The zero-order valence-electron chi connectivity index (χ0n) is 13.4. The Bertz CT molecular complexity index is 1090. The fraction of sp³-hybridized carbons (Fsp3) is 0.133. The summed E-state index contributed by atoms with van der Waals surface area (Å²) in [6.07, 6.45) is 7.04. The smallest absolute Gasteiger partial charge is 0.264 e. The summed E-state index contributed by atoms with van der Waals surface area (Å²) in [5, 5.41) is 0.998. The highest BCUT2D eigenvalue weighted by Crippen LogP contribution is 2.38. The summed E-state index contributed by atoms with van der Waals surface area (Å²) in [5.74, 6) is 0.708. The molecule has 0 saturated carbocycles. The minimum atomic E-state index is -2.25. The second kappa shape index (κ2) is 3.43. The van der Waals surface area contributed by atoms with Crippen LogP contribution < -0.4 is 4.57 Å². The van der Waals surface area contributed by atoms with Gasteiger partial charge in [-0.2, -0.15) is 0 Å². The zero-order chi connectivity index (χ0) is 15.8. The van der Waals surface area contributed by atoms with Gasteiger partial charge in [-0.1, -0.05) is 11.3 Å². The number of nitrogens with zero attached hydrogens (tertiary/aromatic N) is 4. The molecule has 0 saturated heterocycles. The molecule has 5 heteroatoms. The summed E-state index contributed by atoms with van der Waals surface area (Å²) in [7, 11) is 0. The second-order valence-corrected chi connectivity index (χ2v) is 5.94. The molecule has 0 aromatic carbocycles. The molecule has 0 aliphatic carbocycles. The third kappa shape index (κ3) is 1.10. The van der Waals surface area contributed by atoms with Gasteiger partial charge in [0, 0.05) is 35.1 Å². The Morgan fingerprint density at radius 1 is 1.30 bits per heavy atom. The second-order valence-electron chi connectivity index (χ2n) is 4.91. The van der Waals surface area contributed by atoms with Gasteiger partial charge in [-0.25, -0.2) is 9.13 Å². The molecular weight excluding hydrogens is 268 g/mol. The summed E-state index contributed by atoms with van der Waals surface area (Å²) in [6.45, 7) is -1.59. The number of aryl methyl sites for hydroxylation is 1. The number of aromatic nitrogens is 4. The lowest BCUT2D eigenvalue weighted by molar-refractivity contribution is -0.631. The average Bonchev–Trinajstić information content (AvgIpc) is 3.12. The summed E-state index contributed by atoms with van der Waals surface area (Å²) >= 11 is 1.50. The molecule has 4 nitrogen and oxygen atoms in total. The summed E-state index contributed by atoms with van der Waals surface area (Å²) < 4.78 is 28.6. The number of fused-ring (bicyclic) bond motifs is 7. The molecule has 0 amide bonds. The van der Waals surface area contributed by atoms with Crippen molar-refractivity contribution in [2.75, 3.05) is 0 Å². The maximum atomic E-state index is 8.01. The van der Waals surface area contributed by atoms with Gasteiger partial charge in [-0.05, 0) is 12.1 Å². The van der Waals surface area contributed by atoms with Gasteiger partial charge in [0.15, 0.2) is 5.52 Å². The van der Waals surface area contributed by atoms with Crippen molar-refractivity contribution in [3.8, 4) is 11.4 Å². The van der Waals surface area contributed by atoms with E-state index in [0.29, 0.717) is 12.4 Å². The van der Waals surface area contributed by atoms with Crippen LogP contribution in [0.4, 0.5) is 0 Å². The highest BCUT2D eigenvalue weighted by molar-refractivity contribution is 7.25. The van der Waals surface area contributed by atoms with E-state index in [0.717, 1.165) is 31.6 Å². The number of hydrogen-bond donors (Lipinski definition) is 0. The van der Waals surface area contributed by atoms with E-state index in [1.54, 1.807) is 18.6 Å². The van der Waals surface area contributed by atoms with Crippen molar-refractivity contribution in [3.63, 3.8) is 0 Å². The van der Waals surface area contributed by atoms with Crippen molar-refractivity contribution in [1.82, 2.24) is 14.5 Å². The molecule has 5 rings (SSSR count). The highest BCUT2D eigenvalue weighted by atomic mass is 32.1. The molecular formula is C15H11N4S+. The van der Waals surface area contributed by atoms with E-state index in [-0.39, 0.29) is 0 Å². The van der Waals surface area contributed by atoms with Gasteiger partial charge in [0.1, 0.15) is 6.54 Å². The van der Waals surface area contributed by atoms with Crippen LogP contribution >= 0.6 is 11.3 Å². The van der Waals surface area contributed by atoms with E-state index in [9.17, 15) is 0 Å². The Morgan fingerprint density at radius 2 is 2.20 bits per heavy atom. The number of hydrogen-bond acceptors (Lipinski definition) is 3. The van der Waals surface area contributed by atoms with Crippen LogP contribution in [0.5, 0.6) is 0 Å². The molecule has 0 bridgehead atoms. The molecule has 0 spiro atoms. The molecule has 0 unspecified atom stereocenters. The fourth-order valence-electron chi connectivity index (χ4n) is 3.00. The third-order valence-electron chi connectivity index (χ3n) is 3.87. The van der Waals surface area contributed by atoms with Crippen LogP contribution in [0.2, 0.25) is 0 Å². The molecule has 0 fully saturated rings. The molecule has 5 heterocycles. The lowest BCUT2D eigenvalue weighted by Crippen LogP contribution is -2.28. The predicted octanol–water partition coefficient (Wildman–Crippen LogP) is 2.50. The molecule has 0 radical (unpaired) electrons. The van der Waals surface area contributed by atoms with Gasteiger partial charge in [-0.15, -0.1) is 0 Å². The zero-order valence-corrected chi connectivity index (χ0v) is 11.2. The number of imidazole rings is 1. The van der Waals surface area contributed by atoms with Crippen LogP contribution in [-0.4, -0.2) is 14.5 Å². The third-order valence-corrected chi connectivity index (χ3v) is 5.01. The van der Waals surface area contributed by atoms with E-state index in [4.69, 9.17) is 4.11 Å². The minimum absolute atomic E-state index is 0.660. The van der Waals surface area contributed by atoms with Crippen molar-refractivity contribution in [2.45, 2.75) is 6.54 Å². The molecule has 1 aliphatic heterocycles. The molecule has 1 aliphatic rings. The van der Waals surface area contributed by atoms with E-state index in [1.807, 2.05) is 18.3 Å². The molecule has 0 N–H and O–H groups in total. The molecule has 96 valence electrons. The topological polar surface area (TPSA) is 34.6 Å². The normalized spacial score (nSPS) is 15.9. The Hall–Kier alpha value is -2.27. The van der Waals surface area contributed by atoms with Crippen molar-refractivity contribution in [1.29, 1.82) is 0 Å². The lowest BCUT2D eigenvalue weighted by atomic mass is 10.2. The maximum absolute atomic E-state index is 8.01. The van der Waals surface area contributed by atoms with E-state index in [1.165, 1.54) is 15.9 Å². The van der Waals surface area contributed by atoms with Gasteiger partial charge in [-0.3, -0.25) is 9.97 Å². The first kappa shape index (κ1) is 8.11. The van der Waals surface area contributed by atoms with Crippen molar-refractivity contribution >= 4 is 31.8 Å². The first-order valence-corrected chi connectivity index (χ1v) is 7.12. The lowest BCUT2D eigenvalue weighted by Gasteiger charge is -1.93. The van der Waals surface area contributed by atoms with Gasteiger partial charge < -0.3 is 0 Å². The number of pyridine rings is 2. The SMILES string of the molecule is [2H]C([2H])([2H])[n+]1c2n(c3c4cnccc4sc31)Cc1ccncc1-2. The Labute approximate surface area is 123 Å². The summed E-state index contributed by atoms with van der Waals surface area (Å²) in [6, 6.07) is 3.88. The van der Waals surface area contributed by atoms with Gasteiger partial charge in [0.05, 0.1) is 22.0 Å². The van der Waals surface area contributed by atoms with Crippen molar-refractivity contribution in [2.24, 2.45) is 6.98 Å². The predicted molar refractivity (Wildman–Crippen MR) is 78.6 cm³/mol. The van der Waals surface area contributed by atoms with E-state index in [2.05, 4.69) is 14.5 Å². The summed E-state index contributed by atoms with van der Waals surface area (Å²) in [5.41, 5.74) is 2.93. The van der Waals surface area contributed by atoms with E-state index >= 15 is 0 Å². The maximum Gasteiger partial charge on any atom is 0.292 e. The van der Waals surface area contributed by atoms with Gasteiger partial charge in [0.25, 0.3) is 5.82 Å². The quantitative estimate of drug-likeness (QED) is 0.409. The molecule has 0 atom stereocenters. The van der Waals surface area contributed by atoms with Crippen molar-refractivity contribution in [3.05, 3.63) is 42.5 Å². The van der Waals surface area contributed by atoms with Crippen LogP contribution in [0.25, 0.3) is 31.8 Å². The summed E-state index contributed by atoms with van der Waals surface area (Å²) in [4.78, 5) is 9.15. The molecule has 4 aromatic rings.